The molecule has 6 rings (SSSR count). The van der Waals surface area contributed by atoms with Crippen molar-refractivity contribution < 1.29 is 36.2 Å². The molecule has 0 bridgehead atoms. The summed E-state index contributed by atoms with van der Waals surface area (Å²) in [6.07, 6.45) is 1.09. The Balaban J connectivity index is 1.25. The van der Waals surface area contributed by atoms with E-state index in [1.807, 2.05) is 0 Å². The first kappa shape index (κ1) is 29.4. The van der Waals surface area contributed by atoms with Gasteiger partial charge in [0, 0.05) is 25.2 Å². The standard InChI is InChI=1S/C28H32F5N7O3/c1-14(28(31,32)33)10-21(41)36-22(15-2-3-15)18-11-20-35-19(13-40(20)34-12-18)23(17-6-8-27(29,30)9-7-17)37-26(42)25-24(16-4-5-16)38-43-39-25/h11-17,22-23H,2-10H2,1H3,(H,36,41)(H,37,42)/t14-,22?,23-/m0/s1. The van der Waals surface area contributed by atoms with Gasteiger partial charge in [0.2, 0.25) is 11.8 Å². The molecular weight excluding hydrogens is 577 g/mol. The van der Waals surface area contributed by atoms with E-state index < -0.39 is 48.3 Å². The van der Waals surface area contributed by atoms with Gasteiger partial charge in [-0.15, -0.1) is 0 Å². The van der Waals surface area contributed by atoms with Gasteiger partial charge in [0.05, 0.1) is 36.1 Å². The number of halogens is 5. The number of aromatic nitrogens is 5. The van der Waals surface area contributed by atoms with Gasteiger partial charge < -0.3 is 10.6 Å². The average molecular weight is 610 g/mol. The maximum absolute atomic E-state index is 14.0. The van der Waals surface area contributed by atoms with Crippen LogP contribution in [0.25, 0.3) is 5.65 Å². The fraction of sp³-hybridized carbons (Fsp3) is 0.643. The lowest BCUT2D eigenvalue weighted by Crippen LogP contribution is -2.37. The molecule has 0 spiro atoms. The average Bonchev–Trinajstić information content (AvgIpc) is 3.88. The smallest absolute Gasteiger partial charge is 0.349 e. The van der Waals surface area contributed by atoms with Crippen molar-refractivity contribution in [2.45, 2.75) is 94.8 Å². The summed E-state index contributed by atoms with van der Waals surface area (Å²) in [6, 6.07) is 0.454. The van der Waals surface area contributed by atoms with Crippen LogP contribution in [0.15, 0.2) is 23.1 Å². The largest absolute Gasteiger partial charge is 0.392 e. The van der Waals surface area contributed by atoms with Crippen LogP contribution < -0.4 is 10.6 Å². The first-order valence-corrected chi connectivity index (χ1v) is 14.6. The Morgan fingerprint density at radius 2 is 1.74 bits per heavy atom. The summed E-state index contributed by atoms with van der Waals surface area (Å²) in [6.45, 7) is 0.972. The fourth-order valence-corrected chi connectivity index (χ4v) is 5.78. The number of hydrogen-bond acceptors (Lipinski definition) is 7. The number of amides is 2. The Morgan fingerprint density at radius 3 is 2.40 bits per heavy atom. The Hall–Kier alpha value is -3.65. The summed E-state index contributed by atoms with van der Waals surface area (Å²) in [5.74, 6) is -5.93. The summed E-state index contributed by atoms with van der Waals surface area (Å²) >= 11 is 0. The van der Waals surface area contributed by atoms with Crippen molar-refractivity contribution in [3.63, 3.8) is 0 Å². The number of carbonyl (C=O) groups is 2. The van der Waals surface area contributed by atoms with Crippen molar-refractivity contribution in [1.82, 2.24) is 35.5 Å². The molecule has 3 saturated carbocycles. The minimum atomic E-state index is -4.47. The summed E-state index contributed by atoms with van der Waals surface area (Å²) in [4.78, 5) is 30.5. The molecule has 232 valence electrons. The van der Waals surface area contributed by atoms with Gasteiger partial charge in [-0.1, -0.05) is 12.1 Å². The van der Waals surface area contributed by atoms with Crippen molar-refractivity contribution in [2.75, 3.05) is 0 Å². The van der Waals surface area contributed by atoms with Gasteiger partial charge in [0.15, 0.2) is 11.3 Å². The van der Waals surface area contributed by atoms with Crippen LogP contribution in [0.5, 0.6) is 0 Å². The molecule has 1 unspecified atom stereocenters. The van der Waals surface area contributed by atoms with Crippen LogP contribution in [-0.2, 0) is 4.79 Å². The third-order valence-electron chi connectivity index (χ3n) is 8.71. The molecule has 2 amide bonds. The van der Waals surface area contributed by atoms with Crippen molar-refractivity contribution >= 4 is 17.5 Å². The van der Waals surface area contributed by atoms with E-state index in [-0.39, 0.29) is 49.1 Å². The van der Waals surface area contributed by atoms with Gasteiger partial charge in [-0.05, 0) is 67.1 Å². The van der Waals surface area contributed by atoms with Crippen molar-refractivity contribution in [3.8, 4) is 0 Å². The summed E-state index contributed by atoms with van der Waals surface area (Å²) in [5, 5.41) is 17.8. The van der Waals surface area contributed by atoms with E-state index in [4.69, 9.17) is 4.63 Å². The monoisotopic (exact) mass is 609 g/mol. The number of nitrogens with one attached hydrogen (secondary N) is 2. The topological polar surface area (TPSA) is 127 Å². The zero-order chi connectivity index (χ0) is 30.5. The number of nitrogens with zero attached hydrogens (tertiary/aromatic N) is 5. The van der Waals surface area contributed by atoms with Crippen LogP contribution >= 0.6 is 0 Å². The van der Waals surface area contributed by atoms with Crippen LogP contribution in [0.4, 0.5) is 22.0 Å². The molecule has 10 nitrogen and oxygen atoms in total. The first-order valence-electron chi connectivity index (χ1n) is 14.6. The van der Waals surface area contributed by atoms with Crippen molar-refractivity contribution in [2.24, 2.45) is 17.8 Å². The third kappa shape index (κ3) is 6.64. The highest BCUT2D eigenvalue weighted by atomic mass is 19.4. The van der Waals surface area contributed by atoms with Gasteiger partial charge in [-0.2, -0.15) is 18.3 Å². The highest BCUT2D eigenvalue weighted by molar-refractivity contribution is 5.93. The van der Waals surface area contributed by atoms with Gasteiger partial charge >= 0.3 is 6.18 Å². The number of alkyl halides is 5. The Labute approximate surface area is 243 Å². The zero-order valence-electron chi connectivity index (χ0n) is 23.4. The van der Waals surface area contributed by atoms with E-state index in [1.165, 1.54) is 10.7 Å². The van der Waals surface area contributed by atoms with E-state index in [1.54, 1.807) is 12.3 Å². The van der Waals surface area contributed by atoms with Crippen LogP contribution in [0.2, 0.25) is 0 Å². The number of imidazole rings is 1. The lowest BCUT2D eigenvalue weighted by molar-refractivity contribution is -0.174. The predicted octanol–water partition coefficient (Wildman–Crippen LogP) is 5.44. The molecule has 3 aliphatic rings. The van der Waals surface area contributed by atoms with E-state index in [0.717, 1.165) is 32.6 Å². The molecule has 0 aromatic carbocycles. The summed E-state index contributed by atoms with van der Waals surface area (Å²) in [7, 11) is 0. The lowest BCUT2D eigenvalue weighted by atomic mass is 9.81. The molecule has 0 aliphatic heterocycles. The Bertz CT molecular complexity index is 1490. The van der Waals surface area contributed by atoms with E-state index in [0.29, 0.717) is 22.6 Å². The zero-order valence-corrected chi connectivity index (χ0v) is 23.4. The molecule has 3 aromatic heterocycles. The molecule has 3 heterocycles. The molecule has 3 fully saturated rings. The number of fused-ring (bicyclic) bond motifs is 1. The molecular formula is C28H32F5N7O3. The van der Waals surface area contributed by atoms with Gasteiger partial charge in [-0.25, -0.2) is 22.9 Å². The van der Waals surface area contributed by atoms with Crippen LogP contribution in [0.1, 0.15) is 110 Å². The minimum Gasteiger partial charge on any atom is -0.349 e. The molecule has 3 atom stereocenters. The fourth-order valence-electron chi connectivity index (χ4n) is 5.78. The van der Waals surface area contributed by atoms with Crippen molar-refractivity contribution in [1.29, 1.82) is 0 Å². The SMILES string of the molecule is C[C@@H](CC(=O)NC(c1cnn2cc([C@@H](NC(=O)c3nonc3C3CC3)C3CCC(F)(F)CC3)nc2c1)C1CC1)C(F)(F)F. The Morgan fingerprint density at radius 1 is 1.05 bits per heavy atom. The Kier molecular flexibility index (Phi) is 7.61. The van der Waals surface area contributed by atoms with Gasteiger partial charge in [0.1, 0.15) is 5.69 Å². The summed E-state index contributed by atoms with van der Waals surface area (Å²) in [5.41, 5.74) is 1.95. The number of carbonyl (C=O) groups excluding carboxylic acids is 2. The normalized spacial score (nSPS) is 21.3. The minimum absolute atomic E-state index is 0.0662. The number of rotatable bonds is 10. The van der Waals surface area contributed by atoms with E-state index in [9.17, 15) is 31.5 Å². The predicted molar refractivity (Wildman–Crippen MR) is 140 cm³/mol. The quantitative estimate of drug-likeness (QED) is 0.293. The molecule has 3 aromatic rings. The van der Waals surface area contributed by atoms with Crippen molar-refractivity contribution in [3.05, 3.63) is 41.1 Å². The first-order chi connectivity index (χ1) is 20.4. The third-order valence-corrected chi connectivity index (χ3v) is 8.71. The second kappa shape index (κ2) is 11.1. The van der Waals surface area contributed by atoms with Crippen LogP contribution in [0.3, 0.4) is 0 Å². The highest BCUT2D eigenvalue weighted by Gasteiger charge is 2.42. The molecule has 15 heteroatoms. The van der Waals surface area contributed by atoms with Gasteiger partial charge in [0.25, 0.3) is 5.91 Å². The molecule has 3 aliphatic carbocycles. The number of hydrogen-bond donors (Lipinski definition) is 2. The lowest BCUT2D eigenvalue weighted by Gasteiger charge is -2.33. The van der Waals surface area contributed by atoms with E-state index in [2.05, 4.69) is 31.0 Å². The highest BCUT2D eigenvalue weighted by Crippen LogP contribution is 2.44. The van der Waals surface area contributed by atoms with Gasteiger partial charge in [-0.3, -0.25) is 9.59 Å². The second-order valence-electron chi connectivity index (χ2n) is 12.2. The van der Waals surface area contributed by atoms with Crippen LogP contribution in [-0.4, -0.2) is 48.8 Å². The molecule has 43 heavy (non-hydrogen) atoms. The molecule has 2 N–H and O–H groups in total. The maximum Gasteiger partial charge on any atom is 0.392 e. The van der Waals surface area contributed by atoms with E-state index >= 15 is 0 Å². The second-order valence-corrected chi connectivity index (χ2v) is 12.2. The molecule has 0 saturated heterocycles. The maximum atomic E-state index is 14.0. The summed E-state index contributed by atoms with van der Waals surface area (Å²) < 4.78 is 73.3. The molecule has 0 radical (unpaired) electrons. The van der Waals surface area contributed by atoms with Crippen LogP contribution in [0, 0.1) is 17.8 Å².